The molecular weight excluding hydrogens is 508 g/mol. The lowest BCUT2D eigenvalue weighted by Gasteiger charge is -2.59. The molecule has 0 radical (unpaired) electrons. The molecule has 1 heterocycles. The van der Waals surface area contributed by atoms with Crippen molar-refractivity contribution < 1.29 is 49.7 Å². The maximum absolute atomic E-state index is 14.1. The third kappa shape index (κ3) is 3.62. The van der Waals surface area contributed by atoms with Crippen molar-refractivity contribution in [1.29, 1.82) is 0 Å². The van der Waals surface area contributed by atoms with E-state index in [1.165, 1.54) is 13.0 Å². The Morgan fingerprint density at radius 1 is 1.10 bits per heavy atom. The average molecular weight is 547 g/mol. The molecule has 0 amide bonds. The number of allylic oxidation sites excluding steroid dienone is 1. The fourth-order valence-electron chi connectivity index (χ4n) is 8.14. The van der Waals surface area contributed by atoms with E-state index in [1.807, 2.05) is 32.9 Å². The highest BCUT2D eigenvalue weighted by Crippen LogP contribution is 2.70. The van der Waals surface area contributed by atoms with Crippen molar-refractivity contribution in [1.82, 2.24) is 0 Å². The summed E-state index contributed by atoms with van der Waals surface area (Å²) in [7, 11) is 0. The summed E-state index contributed by atoms with van der Waals surface area (Å²) in [4.78, 5) is 26.7. The molecule has 0 bridgehead atoms. The molecule has 1 aliphatic heterocycles. The molecule has 0 aromatic heterocycles. The Morgan fingerprint density at radius 3 is 2.38 bits per heavy atom. The van der Waals surface area contributed by atoms with Gasteiger partial charge in [-0.1, -0.05) is 26.0 Å². The van der Waals surface area contributed by atoms with Crippen LogP contribution in [0.15, 0.2) is 12.1 Å². The molecule has 5 rings (SSSR count). The van der Waals surface area contributed by atoms with E-state index in [9.17, 15) is 40.2 Å². The predicted octanol–water partition coefficient (Wildman–Crippen LogP) is 0.735. The molecule has 4 aliphatic rings. The third-order valence-electron chi connectivity index (χ3n) is 10.5. The summed E-state index contributed by atoms with van der Waals surface area (Å²) in [6.07, 6.45) is -4.23. The molecule has 1 aromatic carbocycles. The van der Waals surface area contributed by atoms with Gasteiger partial charge in [0.25, 0.3) is 0 Å². The molecule has 1 aromatic rings. The number of benzene rings is 1. The molecule has 10 nitrogen and oxygen atoms in total. The van der Waals surface area contributed by atoms with E-state index in [4.69, 9.17) is 9.47 Å². The number of hydrogen-bond acceptors (Lipinski definition) is 10. The molecule has 6 N–H and O–H groups in total. The smallest absolute Gasteiger partial charge is 0.229 e. The molecule has 3 aliphatic carbocycles. The van der Waals surface area contributed by atoms with E-state index in [0.717, 1.165) is 0 Å². The summed E-state index contributed by atoms with van der Waals surface area (Å²) in [6, 6.07) is 1.54. The monoisotopic (exact) mass is 546 g/mol. The Hall–Kier alpha value is -2.34. The van der Waals surface area contributed by atoms with Crippen LogP contribution in [0.1, 0.15) is 57.2 Å². The fourth-order valence-corrected chi connectivity index (χ4v) is 8.14. The van der Waals surface area contributed by atoms with E-state index < -0.39 is 65.6 Å². The van der Waals surface area contributed by atoms with Crippen LogP contribution in [-0.2, 0) is 19.7 Å². The molecule has 39 heavy (non-hydrogen) atoms. The van der Waals surface area contributed by atoms with Crippen LogP contribution in [0.25, 0.3) is 6.08 Å². The maximum atomic E-state index is 14.1. The van der Waals surface area contributed by atoms with Crippen LogP contribution in [0.5, 0.6) is 11.5 Å². The van der Waals surface area contributed by atoms with Crippen LogP contribution in [0.4, 0.5) is 0 Å². The van der Waals surface area contributed by atoms with E-state index in [-0.39, 0.29) is 35.4 Å². The minimum atomic E-state index is -1.68. The zero-order valence-electron chi connectivity index (χ0n) is 22.8. The van der Waals surface area contributed by atoms with E-state index >= 15 is 0 Å². The summed E-state index contributed by atoms with van der Waals surface area (Å²) in [5, 5.41) is 62.3. The topological polar surface area (TPSA) is 174 Å². The SMILES string of the molecule is CC(=O)C1C(O)CC2(C)C3C=Cc4c(cc(OC5OC(CO)C(O)C(O)C5O)c(O)c4C)C3(C)C(=O)CC12C. The Bertz CT molecular complexity index is 1240. The molecule has 214 valence electrons. The van der Waals surface area contributed by atoms with Gasteiger partial charge in [-0.05, 0) is 61.1 Å². The zero-order valence-corrected chi connectivity index (χ0v) is 22.8. The van der Waals surface area contributed by atoms with Crippen LogP contribution in [0.2, 0.25) is 0 Å². The fraction of sp³-hybridized carbons (Fsp3) is 0.655. The Kier molecular flexibility index (Phi) is 6.57. The van der Waals surface area contributed by atoms with Crippen molar-refractivity contribution in [2.24, 2.45) is 22.7 Å². The molecular formula is C29H38O10. The van der Waals surface area contributed by atoms with Crippen molar-refractivity contribution in [2.75, 3.05) is 6.61 Å². The number of ether oxygens (including phenoxy) is 2. The van der Waals surface area contributed by atoms with E-state index in [2.05, 4.69) is 0 Å². The lowest BCUT2D eigenvalue weighted by atomic mass is 9.43. The number of phenols is 1. The quantitative estimate of drug-likeness (QED) is 0.316. The largest absolute Gasteiger partial charge is 0.504 e. The van der Waals surface area contributed by atoms with Crippen molar-refractivity contribution in [2.45, 2.75) is 89.7 Å². The van der Waals surface area contributed by atoms with Gasteiger partial charge in [-0.25, -0.2) is 0 Å². The second kappa shape index (κ2) is 9.09. The number of aliphatic hydroxyl groups excluding tert-OH is 5. The Labute approximate surface area is 226 Å². The molecule has 1 saturated heterocycles. The maximum Gasteiger partial charge on any atom is 0.229 e. The number of carbonyl (C=O) groups excluding carboxylic acids is 2. The highest BCUT2D eigenvalue weighted by Gasteiger charge is 2.70. The van der Waals surface area contributed by atoms with Crippen LogP contribution in [0, 0.1) is 29.6 Å². The molecule has 10 heteroatoms. The second-order valence-corrected chi connectivity index (χ2v) is 12.5. The number of phenolic OH excluding ortho intramolecular Hbond substituents is 1. The van der Waals surface area contributed by atoms with Crippen LogP contribution in [0.3, 0.4) is 0 Å². The van der Waals surface area contributed by atoms with Gasteiger partial charge < -0.3 is 40.1 Å². The van der Waals surface area contributed by atoms with Gasteiger partial charge in [-0.2, -0.15) is 0 Å². The summed E-state index contributed by atoms with van der Waals surface area (Å²) in [5.41, 5.74) is -0.738. The van der Waals surface area contributed by atoms with Crippen molar-refractivity contribution in [3.63, 3.8) is 0 Å². The van der Waals surface area contributed by atoms with E-state index in [0.29, 0.717) is 23.1 Å². The van der Waals surface area contributed by atoms with Gasteiger partial charge in [0.1, 0.15) is 36.0 Å². The number of Topliss-reactive ketones (excluding diaryl/α,β-unsaturated/α-hetero) is 2. The Morgan fingerprint density at radius 2 is 1.77 bits per heavy atom. The van der Waals surface area contributed by atoms with Gasteiger partial charge >= 0.3 is 0 Å². The highest BCUT2D eigenvalue weighted by molar-refractivity contribution is 5.96. The number of carbonyl (C=O) groups is 2. The lowest BCUT2D eigenvalue weighted by Crippen LogP contribution is -2.60. The standard InChI is InChI=1S/C29H38O10/c1-12-14-6-7-19-27(3)9-16(32)21(13(2)31)28(27,4)10-20(33)29(19,5)15(14)8-17(22(12)34)38-26-25(37)24(36)23(35)18(11-30)39-26/h6-8,16,18-19,21,23-26,30,32,34-37H,9-11H2,1-5H3. The van der Waals surface area contributed by atoms with Crippen molar-refractivity contribution >= 4 is 17.6 Å². The third-order valence-corrected chi connectivity index (χ3v) is 10.5. The average Bonchev–Trinajstić information content (AvgIpc) is 3.07. The van der Waals surface area contributed by atoms with Gasteiger partial charge in [0, 0.05) is 17.9 Å². The summed E-state index contributed by atoms with van der Waals surface area (Å²) >= 11 is 0. The van der Waals surface area contributed by atoms with Crippen LogP contribution in [-0.4, -0.2) is 85.6 Å². The van der Waals surface area contributed by atoms with Gasteiger partial charge in [-0.3, -0.25) is 9.59 Å². The number of fused-ring (bicyclic) bond motifs is 5. The number of rotatable bonds is 4. The summed E-state index contributed by atoms with van der Waals surface area (Å²) in [6.45, 7) is 8.29. The van der Waals surface area contributed by atoms with E-state index in [1.54, 1.807) is 6.92 Å². The van der Waals surface area contributed by atoms with Crippen LogP contribution >= 0.6 is 0 Å². The molecule has 0 spiro atoms. The number of aliphatic hydroxyl groups is 5. The first kappa shape index (κ1) is 28.2. The molecule has 11 unspecified atom stereocenters. The number of hydrogen-bond donors (Lipinski definition) is 6. The zero-order chi connectivity index (χ0) is 28.8. The first-order valence-corrected chi connectivity index (χ1v) is 13.4. The van der Waals surface area contributed by atoms with Crippen LogP contribution < -0.4 is 4.74 Å². The molecule has 11 atom stereocenters. The highest BCUT2D eigenvalue weighted by atomic mass is 16.7. The van der Waals surface area contributed by atoms with Gasteiger partial charge in [0.2, 0.25) is 6.29 Å². The second-order valence-electron chi connectivity index (χ2n) is 12.5. The molecule has 2 saturated carbocycles. The predicted molar refractivity (Wildman–Crippen MR) is 138 cm³/mol. The first-order valence-electron chi connectivity index (χ1n) is 13.4. The van der Waals surface area contributed by atoms with Gasteiger partial charge in [-0.15, -0.1) is 0 Å². The minimum absolute atomic E-state index is 0.0912. The summed E-state index contributed by atoms with van der Waals surface area (Å²) in [5.74, 6) is -1.59. The Balaban J connectivity index is 1.59. The van der Waals surface area contributed by atoms with Gasteiger partial charge in [0.15, 0.2) is 11.5 Å². The first-order chi connectivity index (χ1) is 18.1. The lowest BCUT2D eigenvalue weighted by molar-refractivity contribution is -0.277. The number of aromatic hydroxyl groups is 1. The van der Waals surface area contributed by atoms with Crippen molar-refractivity contribution in [3.05, 3.63) is 28.8 Å². The van der Waals surface area contributed by atoms with Gasteiger partial charge in [0.05, 0.1) is 18.1 Å². The molecule has 3 fully saturated rings. The summed E-state index contributed by atoms with van der Waals surface area (Å²) < 4.78 is 11.3. The minimum Gasteiger partial charge on any atom is -0.504 e. The normalized spacial score (nSPS) is 44.9. The van der Waals surface area contributed by atoms with Crippen molar-refractivity contribution in [3.8, 4) is 11.5 Å². The number of ketones is 2.